The summed E-state index contributed by atoms with van der Waals surface area (Å²) in [7, 11) is 1.70. The molecule has 0 aliphatic carbocycles. The van der Waals surface area contributed by atoms with Gasteiger partial charge in [0.25, 0.3) is 0 Å². The Morgan fingerprint density at radius 1 is 1.04 bits per heavy atom. The summed E-state index contributed by atoms with van der Waals surface area (Å²) in [5, 5.41) is 9.17. The number of nitrogens with zero attached hydrogens (tertiary/aromatic N) is 5. The van der Waals surface area contributed by atoms with Crippen LogP contribution in [-0.4, -0.2) is 38.3 Å². The number of rotatable bonds is 7. The quantitative estimate of drug-likeness (QED) is 0.664. The van der Waals surface area contributed by atoms with E-state index in [1.165, 1.54) is 11.1 Å². The predicted molar refractivity (Wildman–Crippen MR) is 97.1 cm³/mol. The molecular formula is C19H25N5O. The van der Waals surface area contributed by atoms with Crippen LogP contribution in [0.1, 0.15) is 28.5 Å². The standard InChI is InChI=1S/C19H25N5O/c1-14-5-6-17(15(2)13-14)24-19(20-18(22-24)9-12-25-4)8-11-23-10-7-16(3)21-23/h5-7,10,13H,8-9,11-12H2,1-4H3. The van der Waals surface area contributed by atoms with E-state index in [1.807, 2.05) is 28.6 Å². The van der Waals surface area contributed by atoms with Crippen LogP contribution in [0.3, 0.4) is 0 Å². The van der Waals surface area contributed by atoms with Crippen molar-refractivity contribution in [3.8, 4) is 5.69 Å². The molecule has 0 aliphatic heterocycles. The lowest BCUT2D eigenvalue weighted by Gasteiger charge is -2.10. The van der Waals surface area contributed by atoms with Gasteiger partial charge < -0.3 is 4.74 Å². The minimum Gasteiger partial charge on any atom is -0.384 e. The van der Waals surface area contributed by atoms with E-state index in [4.69, 9.17) is 14.8 Å². The van der Waals surface area contributed by atoms with E-state index in [0.29, 0.717) is 13.0 Å². The number of aryl methyl sites for hydroxylation is 5. The Morgan fingerprint density at radius 2 is 1.88 bits per heavy atom. The van der Waals surface area contributed by atoms with Crippen molar-refractivity contribution >= 4 is 0 Å². The minimum absolute atomic E-state index is 0.620. The first-order valence-electron chi connectivity index (χ1n) is 8.58. The van der Waals surface area contributed by atoms with E-state index in [-0.39, 0.29) is 0 Å². The number of benzene rings is 1. The fourth-order valence-electron chi connectivity index (χ4n) is 2.89. The molecule has 6 nitrogen and oxygen atoms in total. The van der Waals surface area contributed by atoms with E-state index >= 15 is 0 Å². The second kappa shape index (κ2) is 7.61. The molecule has 0 amide bonds. The van der Waals surface area contributed by atoms with Crippen molar-refractivity contribution in [2.75, 3.05) is 13.7 Å². The minimum atomic E-state index is 0.620. The molecule has 0 aliphatic rings. The Bertz CT molecular complexity index is 849. The van der Waals surface area contributed by atoms with E-state index in [9.17, 15) is 0 Å². The molecule has 0 N–H and O–H groups in total. The molecule has 0 atom stereocenters. The summed E-state index contributed by atoms with van der Waals surface area (Å²) in [6.45, 7) is 7.61. The van der Waals surface area contributed by atoms with Gasteiger partial charge in [-0.05, 0) is 38.5 Å². The summed E-state index contributed by atoms with van der Waals surface area (Å²) in [6.07, 6.45) is 3.48. The highest BCUT2D eigenvalue weighted by Gasteiger charge is 2.13. The highest BCUT2D eigenvalue weighted by molar-refractivity contribution is 5.42. The van der Waals surface area contributed by atoms with Crippen molar-refractivity contribution in [2.24, 2.45) is 0 Å². The van der Waals surface area contributed by atoms with E-state index in [2.05, 4.69) is 37.1 Å². The SMILES string of the molecule is COCCc1nc(CCn2ccc(C)n2)n(-c2ccc(C)cc2C)n1. The van der Waals surface area contributed by atoms with Gasteiger partial charge in [0.05, 0.1) is 18.0 Å². The summed E-state index contributed by atoms with van der Waals surface area (Å²) in [6, 6.07) is 8.41. The average Bonchev–Trinajstić information content (AvgIpc) is 3.17. The van der Waals surface area contributed by atoms with Gasteiger partial charge in [-0.2, -0.15) is 10.2 Å². The third-order valence-electron chi connectivity index (χ3n) is 4.17. The first-order valence-corrected chi connectivity index (χ1v) is 8.58. The maximum Gasteiger partial charge on any atom is 0.153 e. The summed E-state index contributed by atoms with van der Waals surface area (Å²) in [5.41, 5.74) is 4.54. The van der Waals surface area contributed by atoms with Crippen LogP contribution < -0.4 is 0 Å². The smallest absolute Gasteiger partial charge is 0.153 e. The van der Waals surface area contributed by atoms with E-state index in [1.54, 1.807) is 7.11 Å². The predicted octanol–water partition coefficient (Wildman–Crippen LogP) is 2.82. The monoisotopic (exact) mass is 339 g/mol. The molecule has 2 aromatic heterocycles. The number of hydrogen-bond donors (Lipinski definition) is 0. The molecule has 1 aromatic carbocycles. The van der Waals surface area contributed by atoms with Gasteiger partial charge in [-0.3, -0.25) is 4.68 Å². The molecule has 0 spiro atoms. The average molecular weight is 339 g/mol. The largest absolute Gasteiger partial charge is 0.384 e. The van der Waals surface area contributed by atoms with Gasteiger partial charge in [-0.15, -0.1) is 0 Å². The second-order valence-electron chi connectivity index (χ2n) is 6.36. The first kappa shape index (κ1) is 17.4. The van der Waals surface area contributed by atoms with Crippen molar-refractivity contribution in [1.29, 1.82) is 0 Å². The zero-order chi connectivity index (χ0) is 17.8. The molecule has 0 saturated carbocycles. The van der Waals surface area contributed by atoms with Crippen molar-refractivity contribution in [3.05, 3.63) is 58.9 Å². The fourth-order valence-corrected chi connectivity index (χ4v) is 2.89. The van der Waals surface area contributed by atoms with Gasteiger partial charge in [0, 0.05) is 32.7 Å². The Balaban J connectivity index is 1.89. The van der Waals surface area contributed by atoms with Crippen LogP contribution in [0.25, 0.3) is 5.69 Å². The first-order chi connectivity index (χ1) is 12.1. The zero-order valence-corrected chi connectivity index (χ0v) is 15.4. The summed E-state index contributed by atoms with van der Waals surface area (Å²) in [4.78, 5) is 4.74. The van der Waals surface area contributed by atoms with Crippen molar-refractivity contribution in [1.82, 2.24) is 24.5 Å². The van der Waals surface area contributed by atoms with Crippen LogP contribution in [0.15, 0.2) is 30.5 Å². The Labute approximate surface area is 148 Å². The molecule has 0 fully saturated rings. The molecule has 0 bridgehead atoms. The molecule has 25 heavy (non-hydrogen) atoms. The number of hydrogen-bond acceptors (Lipinski definition) is 4. The molecule has 0 saturated heterocycles. The summed E-state index contributed by atoms with van der Waals surface area (Å²) >= 11 is 0. The molecule has 3 rings (SSSR count). The van der Waals surface area contributed by atoms with Gasteiger partial charge in [0.2, 0.25) is 0 Å². The maximum absolute atomic E-state index is 5.17. The lowest BCUT2D eigenvalue weighted by atomic mass is 10.1. The Kier molecular flexibility index (Phi) is 5.28. The summed E-state index contributed by atoms with van der Waals surface area (Å²) < 4.78 is 9.09. The molecule has 3 aromatic rings. The van der Waals surface area contributed by atoms with Crippen molar-refractivity contribution in [2.45, 2.75) is 40.2 Å². The normalized spacial score (nSPS) is 11.2. The second-order valence-corrected chi connectivity index (χ2v) is 6.36. The van der Waals surface area contributed by atoms with Crippen LogP contribution in [0.5, 0.6) is 0 Å². The van der Waals surface area contributed by atoms with Crippen LogP contribution in [0, 0.1) is 20.8 Å². The highest BCUT2D eigenvalue weighted by Crippen LogP contribution is 2.17. The fraction of sp³-hybridized carbons (Fsp3) is 0.421. The van der Waals surface area contributed by atoms with Crippen molar-refractivity contribution in [3.63, 3.8) is 0 Å². The third kappa shape index (κ3) is 4.14. The number of aromatic nitrogens is 5. The number of ether oxygens (including phenoxy) is 1. The molecule has 0 radical (unpaired) electrons. The third-order valence-corrected chi connectivity index (χ3v) is 4.17. The van der Waals surface area contributed by atoms with Gasteiger partial charge >= 0.3 is 0 Å². The van der Waals surface area contributed by atoms with Gasteiger partial charge in [0.1, 0.15) is 5.82 Å². The molecule has 6 heteroatoms. The van der Waals surface area contributed by atoms with Crippen LogP contribution in [-0.2, 0) is 24.1 Å². The molecule has 0 unspecified atom stereocenters. The lowest BCUT2D eigenvalue weighted by Crippen LogP contribution is -2.09. The van der Waals surface area contributed by atoms with Crippen LogP contribution in [0.2, 0.25) is 0 Å². The number of methoxy groups -OCH3 is 1. The zero-order valence-electron chi connectivity index (χ0n) is 15.4. The van der Waals surface area contributed by atoms with Crippen molar-refractivity contribution < 1.29 is 4.74 Å². The van der Waals surface area contributed by atoms with E-state index in [0.717, 1.165) is 36.0 Å². The lowest BCUT2D eigenvalue weighted by molar-refractivity contribution is 0.200. The highest BCUT2D eigenvalue weighted by atomic mass is 16.5. The van der Waals surface area contributed by atoms with Gasteiger partial charge in [0.15, 0.2) is 5.82 Å². The van der Waals surface area contributed by atoms with E-state index < -0.39 is 0 Å². The summed E-state index contributed by atoms with van der Waals surface area (Å²) in [5.74, 6) is 1.76. The molecule has 132 valence electrons. The van der Waals surface area contributed by atoms with Gasteiger partial charge in [-0.25, -0.2) is 9.67 Å². The maximum atomic E-state index is 5.17. The Hall–Kier alpha value is -2.47. The van der Waals surface area contributed by atoms with Crippen LogP contribution >= 0.6 is 0 Å². The van der Waals surface area contributed by atoms with Gasteiger partial charge in [-0.1, -0.05) is 17.7 Å². The Morgan fingerprint density at radius 3 is 2.56 bits per heavy atom. The topological polar surface area (TPSA) is 57.8 Å². The molecular weight excluding hydrogens is 314 g/mol. The molecule has 2 heterocycles. The van der Waals surface area contributed by atoms with Crippen LogP contribution in [0.4, 0.5) is 0 Å².